The number of ether oxygens (including phenoxy) is 1. The van der Waals surface area contributed by atoms with E-state index in [1.54, 1.807) is 0 Å². The molecule has 2 aliphatic rings. The Labute approximate surface area is 160 Å². The number of imide groups is 1. The van der Waals surface area contributed by atoms with Crippen LogP contribution in [0.25, 0.3) is 0 Å². The van der Waals surface area contributed by atoms with Crippen molar-refractivity contribution in [1.82, 2.24) is 15.3 Å². The van der Waals surface area contributed by atoms with Crippen LogP contribution in [0.2, 0.25) is 0 Å². The van der Waals surface area contributed by atoms with E-state index in [0.717, 1.165) is 0 Å². The second kappa shape index (κ2) is 7.77. The first-order valence-electron chi connectivity index (χ1n) is 8.07. The predicted octanol–water partition coefficient (Wildman–Crippen LogP) is -3.06. The average Bonchev–Trinajstić information content (AvgIpc) is 2.80. The fourth-order valence-corrected chi connectivity index (χ4v) is 3.32. The molecule has 2 rings (SSSR count). The van der Waals surface area contributed by atoms with Crippen molar-refractivity contribution in [1.29, 1.82) is 0 Å². The zero-order chi connectivity index (χ0) is 21.6. The van der Waals surface area contributed by atoms with E-state index in [2.05, 4.69) is 4.18 Å². The number of carbonyl (C=O) groups is 2. The number of rotatable bonds is 5. The maximum Gasteiger partial charge on any atom is 0.399 e. The van der Waals surface area contributed by atoms with Crippen molar-refractivity contribution in [2.24, 2.45) is 0 Å². The van der Waals surface area contributed by atoms with E-state index in [9.17, 15) is 38.5 Å². The average molecular weight is 428 g/mol. The third-order valence-corrected chi connectivity index (χ3v) is 4.64. The first-order valence-corrected chi connectivity index (χ1v) is 9.43. The minimum absolute atomic E-state index is 0.152. The van der Waals surface area contributed by atoms with Crippen LogP contribution in [0.3, 0.4) is 0 Å². The number of nitrogens with one attached hydrogen (secondary N) is 1. The van der Waals surface area contributed by atoms with Gasteiger partial charge in [-0.05, 0) is 20.8 Å². The lowest BCUT2D eigenvalue weighted by molar-refractivity contribution is -0.268. The molecule has 6 atom stereocenters. The van der Waals surface area contributed by atoms with Gasteiger partial charge in [0.2, 0.25) is 0 Å². The maximum absolute atomic E-state index is 12.6. The van der Waals surface area contributed by atoms with Gasteiger partial charge in [-0.15, -0.1) is 10.3 Å². The highest BCUT2D eigenvalue weighted by atomic mass is 32.3. The molecular formula is C13H22N3O11S. The number of hydrogen-bond donors (Lipinski definition) is 5. The van der Waals surface area contributed by atoms with Crippen LogP contribution in [0, 0.1) is 0 Å². The molecule has 15 heteroatoms. The van der Waals surface area contributed by atoms with Crippen LogP contribution in [0.4, 0.5) is 4.79 Å². The highest BCUT2D eigenvalue weighted by Crippen LogP contribution is 2.31. The minimum atomic E-state index is -5.28. The SMILES string of the molecule is CC(C)(C)N([O])C1C(=O)NC(=O)N([C@@H]2O[C@H](CO)[C@@H](O)[C@H]2O)C1OS(=O)(=O)O. The zero-order valence-electron chi connectivity index (χ0n) is 15.1. The van der Waals surface area contributed by atoms with E-state index in [-0.39, 0.29) is 5.06 Å². The Kier molecular flexibility index (Phi) is 6.34. The summed E-state index contributed by atoms with van der Waals surface area (Å²) in [6.45, 7) is 3.42. The quantitative estimate of drug-likeness (QED) is 0.219. The monoisotopic (exact) mass is 428 g/mol. The Morgan fingerprint density at radius 2 is 1.82 bits per heavy atom. The molecule has 2 aliphatic heterocycles. The van der Waals surface area contributed by atoms with E-state index in [1.165, 1.54) is 20.8 Å². The summed E-state index contributed by atoms with van der Waals surface area (Å²) in [7, 11) is -5.28. The number of carbonyl (C=O) groups excluding carboxylic acids is 2. The van der Waals surface area contributed by atoms with Crippen LogP contribution in [-0.4, -0.2) is 99.1 Å². The first-order chi connectivity index (χ1) is 12.7. The van der Waals surface area contributed by atoms with Crippen molar-refractivity contribution >= 4 is 22.3 Å². The first kappa shape index (κ1) is 22.9. The van der Waals surface area contributed by atoms with E-state index < -0.39 is 71.3 Å². The standard InChI is InChI=1S/C13H22N3O11S/c1-13(2,3)16(22)6-9(20)14-12(21)15(10(6)27-28(23,24)25)11-8(19)7(18)5(4-17)26-11/h5-8,10-11,17-19H,4H2,1-3H3,(H,14,20,21)(H,23,24,25)/t5-,6?,7-,8-,10?,11-/m1/s1. The van der Waals surface area contributed by atoms with E-state index in [0.29, 0.717) is 4.90 Å². The van der Waals surface area contributed by atoms with Crippen molar-refractivity contribution in [2.75, 3.05) is 6.61 Å². The predicted molar refractivity (Wildman–Crippen MR) is 85.6 cm³/mol. The molecule has 0 aromatic rings. The number of hydrogen-bond acceptors (Lipinski definition) is 10. The van der Waals surface area contributed by atoms with Crippen LogP contribution in [-0.2, 0) is 29.3 Å². The highest BCUT2D eigenvalue weighted by Gasteiger charge is 2.57. The third-order valence-electron chi connectivity index (χ3n) is 4.20. The Bertz CT molecular complexity index is 724. The topological polar surface area (TPSA) is 206 Å². The molecule has 2 saturated heterocycles. The minimum Gasteiger partial charge on any atom is -0.394 e. The third kappa shape index (κ3) is 4.42. The molecule has 3 amide bonds. The summed E-state index contributed by atoms with van der Waals surface area (Å²) in [5.41, 5.74) is -1.27. The fraction of sp³-hybridized carbons (Fsp3) is 0.846. The molecule has 14 nitrogen and oxygen atoms in total. The summed E-state index contributed by atoms with van der Waals surface area (Å²) in [5, 5.41) is 43.8. The van der Waals surface area contributed by atoms with Crippen LogP contribution < -0.4 is 5.32 Å². The van der Waals surface area contributed by atoms with Crippen molar-refractivity contribution in [3.05, 3.63) is 0 Å². The Hall–Kier alpha value is -1.43. The van der Waals surface area contributed by atoms with Gasteiger partial charge in [0.15, 0.2) is 18.5 Å². The summed E-state index contributed by atoms with van der Waals surface area (Å²) in [5.74, 6) is -1.22. The number of aliphatic hydroxyl groups excluding tert-OH is 3. The van der Waals surface area contributed by atoms with Gasteiger partial charge in [0.1, 0.15) is 18.3 Å². The number of urea groups is 1. The maximum atomic E-state index is 12.6. The number of aliphatic hydroxyl groups is 3. The summed E-state index contributed by atoms with van der Waals surface area (Å²) < 4.78 is 41.3. The molecule has 28 heavy (non-hydrogen) atoms. The van der Waals surface area contributed by atoms with Gasteiger partial charge in [-0.25, -0.2) is 8.98 Å². The van der Waals surface area contributed by atoms with Crippen LogP contribution in [0.1, 0.15) is 20.8 Å². The Balaban J connectivity index is 2.51. The fourth-order valence-electron chi connectivity index (χ4n) is 2.87. The summed E-state index contributed by atoms with van der Waals surface area (Å²) in [6, 6.07) is -3.30. The highest BCUT2D eigenvalue weighted by molar-refractivity contribution is 7.80. The summed E-state index contributed by atoms with van der Waals surface area (Å²) >= 11 is 0. The summed E-state index contributed by atoms with van der Waals surface area (Å²) in [4.78, 5) is 25.0. The van der Waals surface area contributed by atoms with Gasteiger partial charge in [-0.1, -0.05) is 0 Å². The molecule has 0 spiro atoms. The smallest absolute Gasteiger partial charge is 0.394 e. The molecular weight excluding hydrogens is 406 g/mol. The second-order valence-electron chi connectivity index (χ2n) is 7.29. The Morgan fingerprint density at radius 1 is 1.25 bits per heavy atom. The molecule has 161 valence electrons. The molecule has 2 fully saturated rings. The van der Waals surface area contributed by atoms with E-state index in [4.69, 9.17) is 9.29 Å². The van der Waals surface area contributed by atoms with Crippen molar-refractivity contribution in [3.63, 3.8) is 0 Å². The molecule has 0 aromatic carbocycles. The normalized spacial score (nSPS) is 34.8. The zero-order valence-corrected chi connectivity index (χ0v) is 15.9. The van der Waals surface area contributed by atoms with Gasteiger partial charge in [-0.3, -0.25) is 19.6 Å². The second-order valence-corrected chi connectivity index (χ2v) is 8.33. The molecule has 0 bridgehead atoms. The molecule has 0 aromatic heterocycles. The van der Waals surface area contributed by atoms with Crippen LogP contribution in [0.15, 0.2) is 0 Å². The molecule has 2 unspecified atom stereocenters. The van der Waals surface area contributed by atoms with E-state index in [1.807, 2.05) is 5.32 Å². The number of hydroxylamine groups is 2. The van der Waals surface area contributed by atoms with Crippen LogP contribution in [0.5, 0.6) is 0 Å². The summed E-state index contributed by atoms with van der Waals surface area (Å²) in [6.07, 6.45) is -8.91. The van der Waals surface area contributed by atoms with Gasteiger partial charge in [0, 0.05) is 5.54 Å². The molecule has 0 saturated carbocycles. The van der Waals surface area contributed by atoms with Gasteiger partial charge >= 0.3 is 16.4 Å². The molecule has 1 radical (unpaired) electrons. The van der Waals surface area contributed by atoms with Gasteiger partial charge in [0.05, 0.1) is 6.61 Å². The lowest BCUT2D eigenvalue weighted by atomic mass is 10.0. The van der Waals surface area contributed by atoms with E-state index >= 15 is 0 Å². The van der Waals surface area contributed by atoms with Gasteiger partial charge in [0.25, 0.3) is 5.91 Å². The van der Waals surface area contributed by atoms with Gasteiger partial charge in [-0.2, -0.15) is 8.42 Å². The lowest BCUT2D eigenvalue weighted by Crippen LogP contribution is -2.72. The number of nitrogens with zero attached hydrogens (tertiary/aromatic N) is 2. The number of amides is 3. The molecule has 5 N–H and O–H groups in total. The van der Waals surface area contributed by atoms with Gasteiger partial charge < -0.3 is 20.1 Å². The molecule has 0 aliphatic carbocycles. The van der Waals surface area contributed by atoms with Crippen molar-refractivity contribution in [3.8, 4) is 0 Å². The largest absolute Gasteiger partial charge is 0.399 e. The lowest BCUT2D eigenvalue weighted by Gasteiger charge is -2.45. The molecule has 2 heterocycles. The Morgan fingerprint density at radius 3 is 2.25 bits per heavy atom. The van der Waals surface area contributed by atoms with Crippen molar-refractivity contribution < 1.29 is 52.0 Å². The van der Waals surface area contributed by atoms with Crippen LogP contribution >= 0.6 is 0 Å². The van der Waals surface area contributed by atoms with Crippen molar-refractivity contribution in [2.45, 2.75) is 63.1 Å².